The second kappa shape index (κ2) is 15.7. The topological polar surface area (TPSA) is 78.9 Å². The highest BCUT2D eigenvalue weighted by Gasteiger charge is 1.97. The van der Waals surface area contributed by atoms with Gasteiger partial charge in [0.15, 0.2) is 0 Å². The van der Waals surface area contributed by atoms with Crippen molar-refractivity contribution in [1.29, 1.82) is 0 Å². The van der Waals surface area contributed by atoms with Gasteiger partial charge in [-0.3, -0.25) is 0 Å². The second-order valence-electron chi connectivity index (χ2n) is 3.47. The SMILES string of the molecule is C=CC(=O)OCCC.C=CC(=O)OCCCOC(=O)C=C. The fourth-order valence-electron chi connectivity index (χ4n) is 0.784. The highest BCUT2D eigenvalue weighted by atomic mass is 16.5. The summed E-state index contributed by atoms with van der Waals surface area (Å²) < 4.78 is 13.8. The quantitative estimate of drug-likeness (QED) is 0.280. The lowest BCUT2D eigenvalue weighted by Crippen LogP contribution is -2.07. The lowest BCUT2D eigenvalue weighted by Gasteiger charge is -2.02. The third-order valence-corrected chi connectivity index (χ3v) is 1.73. The van der Waals surface area contributed by atoms with Crippen LogP contribution >= 0.6 is 0 Å². The highest BCUT2D eigenvalue weighted by Crippen LogP contribution is 1.88. The van der Waals surface area contributed by atoms with Gasteiger partial charge in [-0.15, -0.1) is 0 Å². The van der Waals surface area contributed by atoms with Crippen molar-refractivity contribution < 1.29 is 28.6 Å². The summed E-state index contributed by atoms with van der Waals surface area (Å²) in [5, 5.41) is 0. The van der Waals surface area contributed by atoms with Crippen molar-refractivity contribution in [2.24, 2.45) is 0 Å². The van der Waals surface area contributed by atoms with Crippen molar-refractivity contribution in [2.75, 3.05) is 19.8 Å². The van der Waals surface area contributed by atoms with Crippen LogP contribution in [0.2, 0.25) is 0 Å². The standard InChI is InChI=1S/C9H12O4.C6H10O2/c1-3-8(10)12-6-5-7-13-9(11)4-2;1-3-5-8-6(7)4-2/h3-4H,1-2,5-7H2;4H,2-3,5H2,1H3. The zero-order valence-electron chi connectivity index (χ0n) is 12.3. The Hall–Kier alpha value is -2.37. The molecule has 0 rings (SSSR count). The maximum absolute atomic E-state index is 10.5. The van der Waals surface area contributed by atoms with Gasteiger partial charge in [-0.05, 0) is 6.42 Å². The predicted molar refractivity (Wildman–Crippen MR) is 78.4 cm³/mol. The number of hydrogen-bond acceptors (Lipinski definition) is 6. The molecule has 0 aromatic heterocycles. The minimum Gasteiger partial charge on any atom is -0.463 e. The molecule has 0 aromatic rings. The number of carbonyl (C=O) groups excluding carboxylic acids is 3. The minimum absolute atomic E-state index is 0.218. The predicted octanol–water partition coefficient (Wildman–Crippen LogP) is 1.96. The Labute approximate surface area is 125 Å². The van der Waals surface area contributed by atoms with E-state index in [4.69, 9.17) is 0 Å². The molecule has 0 aliphatic carbocycles. The van der Waals surface area contributed by atoms with Crippen LogP contribution in [0.1, 0.15) is 19.8 Å². The lowest BCUT2D eigenvalue weighted by molar-refractivity contribution is -0.140. The molecule has 0 aliphatic rings. The summed E-state index contributed by atoms with van der Waals surface area (Å²) in [6.07, 6.45) is 4.65. The number of hydrogen-bond donors (Lipinski definition) is 0. The molecule has 0 fully saturated rings. The van der Waals surface area contributed by atoms with Crippen LogP contribution in [-0.4, -0.2) is 37.7 Å². The van der Waals surface area contributed by atoms with Crippen molar-refractivity contribution in [2.45, 2.75) is 19.8 Å². The summed E-state index contributed by atoms with van der Waals surface area (Å²) in [5.41, 5.74) is 0. The summed E-state index contributed by atoms with van der Waals surface area (Å²) in [6.45, 7) is 12.6. The minimum atomic E-state index is -0.477. The van der Waals surface area contributed by atoms with Gasteiger partial charge in [0.05, 0.1) is 19.8 Å². The number of esters is 3. The fraction of sp³-hybridized carbons (Fsp3) is 0.400. The van der Waals surface area contributed by atoms with Crippen LogP contribution in [0.5, 0.6) is 0 Å². The van der Waals surface area contributed by atoms with E-state index in [1.165, 1.54) is 0 Å². The van der Waals surface area contributed by atoms with Gasteiger partial charge >= 0.3 is 17.9 Å². The Kier molecular flexibility index (Phi) is 15.6. The van der Waals surface area contributed by atoms with Gasteiger partial charge in [0.25, 0.3) is 0 Å². The number of ether oxygens (including phenoxy) is 3. The molecule has 118 valence electrons. The molecule has 0 atom stereocenters. The summed E-state index contributed by atoms with van der Waals surface area (Å²) in [4.78, 5) is 31.2. The van der Waals surface area contributed by atoms with Crippen LogP contribution in [0, 0.1) is 0 Å². The van der Waals surface area contributed by atoms with Crippen molar-refractivity contribution in [1.82, 2.24) is 0 Å². The highest BCUT2D eigenvalue weighted by molar-refractivity contribution is 5.81. The Balaban J connectivity index is 0. The molecule has 6 nitrogen and oxygen atoms in total. The van der Waals surface area contributed by atoms with Gasteiger partial charge in [-0.2, -0.15) is 0 Å². The molecular formula is C15H22O6. The maximum atomic E-state index is 10.5. The first-order valence-corrected chi connectivity index (χ1v) is 6.39. The monoisotopic (exact) mass is 298 g/mol. The average molecular weight is 298 g/mol. The molecule has 21 heavy (non-hydrogen) atoms. The fourth-order valence-corrected chi connectivity index (χ4v) is 0.784. The first kappa shape index (κ1) is 20.9. The molecule has 0 N–H and O–H groups in total. The summed E-state index contributed by atoms with van der Waals surface area (Å²) in [7, 11) is 0. The van der Waals surface area contributed by atoms with Gasteiger partial charge < -0.3 is 14.2 Å². The molecule has 0 aromatic carbocycles. The van der Waals surface area contributed by atoms with E-state index in [1.54, 1.807) is 0 Å². The average Bonchev–Trinajstić information content (AvgIpc) is 2.52. The van der Waals surface area contributed by atoms with Crippen molar-refractivity contribution >= 4 is 17.9 Å². The summed E-state index contributed by atoms with van der Waals surface area (Å²) >= 11 is 0. The summed E-state index contributed by atoms with van der Waals surface area (Å²) in [5.74, 6) is -1.29. The molecule has 0 aliphatic heterocycles. The third-order valence-electron chi connectivity index (χ3n) is 1.73. The van der Waals surface area contributed by atoms with E-state index in [0.29, 0.717) is 13.0 Å². The Bertz CT molecular complexity index is 337. The zero-order valence-corrected chi connectivity index (χ0v) is 12.3. The van der Waals surface area contributed by atoms with Crippen LogP contribution < -0.4 is 0 Å². The first-order valence-electron chi connectivity index (χ1n) is 6.39. The van der Waals surface area contributed by atoms with Gasteiger partial charge in [0.2, 0.25) is 0 Å². The molecule has 0 unspecified atom stereocenters. The molecule has 0 saturated carbocycles. The second-order valence-corrected chi connectivity index (χ2v) is 3.47. The van der Waals surface area contributed by atoms with E-state index in [1.807, 2.05) is 6.92 Å². The molecule has 0 saturated heterocycles. The smallest absolute Gasteiger partial charge is 0.330 e. The number of rotatable bonds is 9. The van der Waals surface area contributed by atoms with E-state index in [-0.39, 0.29) is 19.2 Å². The Morgan fingerprint density at radius 2 is 1.10 bits per heavy atom. The lowest BCUT2D eigenvalue weighted by atomic mass is 10.5. The van der Waals surface area contributed by atoms with Gasteiger partial charge in [0, 0.05) is 24.6 Å². The van der Waals surface area contributed by atoms with E-state index >= 15 is 0 Å². The van der Waals surface area contributed by atoms with Crippen molar-refractivity contribution in [3.05, 3.63) is 38.0 Å². The van der Waals surface area contributed by atoms with E-state index < -0.39 is 11.9 Å². The van der Waals surface area contributed by atoms with Crippen LogP contribution in [0.25, 0.3) is 0 Å². The molecule has 0 spiro atoms. The largest absolute Gasteiger partial charge is 0.463 e. The van der Waals surface area contributed by atoms with Gasteiger partial charge in [-0.25, -0.2) is 14.4 Å². The van der Waals surface area contributed by atoms with Crippen LogP contribution in [0.4, 0.5) is 0 Å². The van der Waals surface area contributed by atoms with Crippen LogP contribution in [0.3, 0.4) is 0 Å². The molecule has 0 bridgehead atoms. The number of carbonyl (C=O) groups is 3. The molecule has 0 amide bonds. The molecular weight excluding hydrogens is 276 g/mol. The molecule has 6 heteroatoms. The van der Waals surface area contributed by atoms with Crippen LogP contribution in [-0.2, 0) is 28.6 Å². The van der Waals surface area contributed by atoms with E-state index in [9.17, 15) is 14.4 Å². The Morgan fingerprint density at radius 3 is 1.38 bits per heavy atom. The van der Waals surface area contributed by atoms with Crippen LogP contribution in [0.15, 0.2) is 38.0 Å². The Morgan fingerprint density at radius 1 is 0.762 bits per heavy atom. The molecule has 0 heterocycles. The third kappa shape index (κ3) is 17.6. The summed E-state index contributed by atoms with van der Waals surface area (Å²) in [6, 6.07) is 0. The van der Waals surface area contributed by atoms with Crippen molar-refractivity contribution in [3.63, 3.8) is 0 Å². The van der Waals surface area contributed by atoms with Gasteiger partial charge in [0.1, 0.15) is 0 Å². The van der Waals surface area contributed by atoms with Crippen molar-refractivity contribution in [3.8, 4) is 0 Å². The van der Waals surface area contributed by atoms with E-state index in [2.05, 4.69) is 33.9 Å². The first-order chi connectivity index (χ1) is 10.0. The molecule has 0 radical (unpaired) electrons. The zero-order chi connectivity index (χ0) is 16.5. The van der Waals surface area contributed by atoms with Gasteiger partial charge in [-0.1, -0.05) is 26.7 Å². The normalized spacial score (nSPS) is 8.43. The van der Waals surface area contributed by atoms with E-state index in [0.717, 1.165) is 24.6 Å². The maximum Gasteiger partial charge on any atom is 0.330 e.